The average molecular weight is 585 g/mol. The number of rotatable bonds is 7. The number of fused-ring (bicyclic) bond motifs is 1. The maximum atomic E-state index is 14.6. The van der Waals surface area contributed by atoms with E-state index in [0.717, 1.165) is 46.3 Å². The van der Waals surface area contributed by atoms with Crippen molar-refractivity contribution in [2.45, 2.75) is 38.0 Å². The van der Waals surface area contributed by atoms with Crippen molar-refractivity contribution >= 4 is 29.4 Å². The molecule has 1 aromatic heterocycles. The molecule has 0 unspecified atom stereocenters. The van der Waals surface area contributed by atoms with Crippen molar-refractivity contribution in [3.8, 4) is 16.9 Å². The van der Waals surface area contributed by atoms with Crippen LogP contribution in [0.5, 0.6) is 0 Å². The Morgan fingerprint density at radius 3 is 2.67 bits per heavy atom. The van der Waals surface area contributed by atoms with Crippen LogP contribution in [0.3, 0.4) is 0 Å². The van der Waals surface area contributed by atoms with E-state index in [9.17, 15) is 14.0 Å². The van der Waals surface area contributed by atoms with Gasteiger partial charge in [0.2, 0.25) is 11.8 Å². The average Bonchev–Trinajstić information content (AvgIpc) is 3.63. The summed E-state index contributed by atoms with van der Waals surface area (Å²) in [6.07, 6.45) is 1.87. The van der Waals surface area contributed by atoms with Gasteiger partial charge in [-0.3, -0.25) is 14.5 Å². The molecule has 0 radical (unpaired) electrons. The van der Waals surface area contributed by atoms with Gasteiger partial charge < -0.3 is 10.1 Å². The van der Waals surface area contributed by atoms with Crippen molar-refractivity contribution in [1.82, 2.24) is 15.1 Å². The highest BCUT2D eigenvalue weighted by atomic mass is 32.2. The van der Waals surface area contributed by atoms with E-state index >= 15 is 0 Å². The van der Waals surface area contributed by atoms with Gasteiger partial charge in [-0.05, 0) is 61.6 Å². The first-order chi connectivity index (χ1) is 20.4. The number of aromatic nitrogens is 2. The van der Waals surface area contributed by atoms with Gasteiger partial charge in [0.1, 0.15) is 18.2 Å². The molecule has 9 heteroatoms. The molecule has 1 saturated heterocycles. The van der Waals surface area contributed by atoms with Gasteiger partial charge in [0, 0.05) is 24.3 Å². The summed E-state index contributed by atoms with van der Waals surface area (Å²) in [5, 5.41) is 7.71. The molecule has 2 atom stereocenters. The van der Waals surface area contributed by atoms with Gasteiger partial charge in [-0.2, -0.15) is 5.10 Å². The number of carbonyl (C=O) groups is 2. The van der Waals surface area contributed by atoms with Gasteiger partial charge in [0.25, 0.3) is 0 Å². The summed E-state index contributed by atoms with van der Waals surface area (Å²) in [6, 6.07) is 22.3. The second-order valence-corrected chi connectivity index (χ2v) is 11.8. The predicted molar refractivity (Wildman–Crippen MR) is 164 cm³/mol. The lowest BCUT2D eigenvalue weighted by molar-refractivity contribution is -0.123. The molecule has 6 rings (SSSR count). The van der Waals surface area contributed by atoms with E-state index in [1.54, 1.807) is 15.6 Å². The van der Waals surface area contributed by atoms with E-state index in [1.807, 2.05) is 68.4 Å². The number of ether oxygens (including phenoxy) is 1. The maximum Gasteiger partial charge on any atom is 0.240 e. The lowest BCUT2D eigenvalue weighted by Crippen LogP contribution is -2.44. The first-order valence-electron chi connectivity index (χ1n) is 14.2. The highest BCUT2D eigenvalue weighted by Gasteiger charge is 2.38. The van der Waals surface area contributed by atoms with E-state index in [1.165, 1.54) is 23.9 Å². The van der Waals surface area contributed by atoms with Crippen LogP contribution < -0.4 is 10.2 Å². The number of amides is 2. The number of halogens is 1. The lowest BCUT2D eigenvalue weighted by Gasteiger charge is -2.24. The number of hydrogen-bond acceptors (Lipinski definition) is 5. The Balaban J connectivity index is 1.55. The van der Waals surface area contributed by atoms with Crippen LogP contribution in [0.2, 0.25) is 0 Å². The van der Waals surface area contributed by atoms with Crippen LogP contribution in [-0.4, -0.2) is 53.1 Å². The van der Waals surface area contributed by atoms with Gasteiger partial charge in [-0.1, -0.05) is 54.6 Å². The molecular formula is C33H33FN4O3S. The summed E-state index contributed by atoms with van der Waals surface area (Å²) >= 11 is 1.42. The SMILES string of the molecule is Cc1cccc(-n2nc(-c3ccccc3)c3c2N(CC(=O)NC[C@@H]2CCCO2)C(=O)CS[C@@H]3c2cccc(F)c2)c1C. The van der Waals surface area contributed by atoms with Crippen LogP contribution in [0, 0.1) is 19.7 Å². The van der Waals surface area contributed by atoms with Gasteiger partial charge in [-0.15, -0.1) is 11.8 Å². The van der Waals surface area contributed by atoms with E-state index in [2.05, 4.69) is 5.32 Å². The summed E-state index contributed by atoms with van der Waals surface area (Å²) < 4.78 is 22.0. The van der Waals surface area contributed by atoms with Crippen molar-refractivity contribution in [3.05, 3.63) is 101 Å². The molecule has 0 bridgehead atoms. The van der Waals surface area contributed by atoms with Crippen LogP contribution in [0.25, 0.3) is 16.9 Å². The smallest absolute Gasteiger partial charge is 0.240 e. The van der Waals surface area contributed by atoms with Crippen molar-refractivity contribution in [2.75, 3.05) is 30.3 Å². The molecule has 1 N–H and O–H groups in total. The van der Waals surface area contributed by atoms with Crippen molar-refractivity contribution in [1.29, 1.82) is 0 Å². The fraction of sp³-hybridized carbons (Fsp3) is 0.303. The molecule has 216 valence electrons. The fourth-order valence-electron chi connectivity index (χ4n) is 5.63. The number of nitrogens with one attached hydrogen (secondary N) is 1. The second kappa shape index (κ2) is 12.1. The Morgan fingerprint density at radius 1 is 1.10 bits per heavy atom. The molecule has 2 aliphatic rings. The number of benzene rings is 3. The minimum Gasteiger partial charge on any atom is -0.376 e. The van der Waals surface area contributed by atoms with Gasteiger partial charge >= 0.3 is 0 Å². The zero-order valence-corrected chi connectivity index (χ0v) is 24.5. The number of anilines is 1. The van der Waals surface area contributed by atoms with E-state index < -0.39 is 5.25 Å². The Morgan fingerprint density at radius 2 is 1.90 bits per heavy atom. The number of hydrogen-bond donors (Lipinski definition) is 1. The number of nitrogens with zero attached hydrogens (tertiary/aromatic N) is 3. The minimum atomic E-state index is -0.395. The van der Waals surface area contributed by atoms with Gasteiger partial charge in [0.05, 0.1) is 28.5 Å². The number of thioether (sulfide) groups is 1. The molecule has 4 aromatic rings. The van der Waals surface area contributed by atoms with Crippen molar-refractivity contribution in [3.63, 3.8) is 0 Å². The number of aryl methyl sites for hydroxylation is 1. The van der Waals surface area contributed by atoms with E-state index in [0.29, 0.717) is 24.7 Å². The van der Waals surface area contributed by atoms with Crippen LogP contribution in [0.1, 0.15) is 40.3 Å². The highest BCUT2D eigenvalue weighted by molar-refractivity contribution is 8.00. The molecule has 3 heterocycles. The van der Waals surface area contributed by atoms with Crippen LogP contribution in [-0.2, 0) is 14.3 Å². The molecule has 3 aromatic carbocycles. The summed E-state index contributed by atoms with van der Waals surface area (Å²) in [5.74, 6) is -0.180. The normalized spacial score (nSPS) is 18.5. The van der Waals surface area contributed by atoms with Crippen molar-refractivity contribution in [2.24, 2.45) is 0 Å². The van der Waals surface area contributed by atoms with Gasteiger partial charge in [0.15, 0.2) is 0 Å². The Labute approximate surface area is 249 Å². The molecule has 42 heavy (non-hydrogen) atoms. The van der Waals surface area contributed by atoms with E-state index in [4.69, 9.17) is 9.84 Å². The largest absolute Gasteiger partial charge is 0.376 e. The van der Waals surface area contributed by atoms with Gasteiger partial charge in [-0.25, -0.2) is 9.07 Å². The van der Waals surface area contributed by atoms with E-state index in [-0.39, 0.29) is 36.0 Å². The summed E-state index contributed by atoms with van der Waals surface area (Å²) in [5.41, 5.74) is 5.97. The summed E-state index contributed by atoms with van der Waals surface area (Å²) in [4.78, 5) is 28.8. The molecule has 0 aliphatic carbocycles. The van der Waals surface area contributed by atoms with Crippen LogP contribution in [0.15, 0.2) is 72.8 Å². The molecule has 7 nitrogen and oxygen atoms in total. The van der Waals surface area contributed by atoms with Crippen LogP contribution >= 0.6 is 11.8 Å². The summed E-state index contributed by atoms with van der Waals surface area (Å²) in [7, 11) is 0. The molecular weight excluding hydrogens is 551 g/mol. The molecule has 1 fully saturated rings. The Kier molecular flexibility index (Phi) is 8.13. The zero-order chi connectivity index (χ0) is 29.2. The quantitative estimate of drug-likeness (QED) is 0.299. The monoisotopic (exact) mass is 584 g/mol. The fourth-order valence-corrected chi connectivity index (χ4v) is 6.81. The Hall–Kier alpha value is -3.95. The molecule has 2 amide bonds. The summed E-state index contributed by atoms with van der Waals surface area (Å²) in [6.45, 7) is 4.99. The highest BCUT2D eigenvalue weighted by Crippen LogP contribution is 2.48. The third kappa shape index (κ3) is 5.58. The topological polar surface area (TPSA) is 76.5 Å². The van der Waals surface area contributed by atoms with Crippen molar-refractivity contribution < 1.29 is 18.7 Å². The Bertz CT molecular complexity index is 1620. The second-order valence-electron chi connectivity index (χ2n) is 10.7. The molecule has 0 saturated carbocycles. The first kappa shape index (κ1) is 28.2. The minimum absolute atomic E-state index is 0.0117. The zero-order valence-electron chi connectivity index (χ0n) is 23.7. The lowest BCUT2D eigenvalue weighted by atomic mass is 9.99. The third-order valence-electron chi connectivity index (χ3n) is 7.94. The third-order valence-corrected chi connectivity index (χ3v) is 9.20. The predicted octanol–water partition coefficient (Wildman–Crippen LogP) is 5.76. The molecule has 0 spiro atoms. The van der Waals surface area contributed by atoms with Crippen LogP contribution in [0.4, 0.5) is 10.2 Å². The standard InChI is InChI=1S/C33H33FN4O3S/c1-21-9-6-15-27(22(21)2)38-33-30(31(36-38)23-10-4-3-5-11-23)32(24-12-7-13-25(34)17-24)42-20-29(40)37(33)19-28(39)35-18-26-14-8-16-41-26/h3-7,9-13,15,17,26,32H,8,14,16,18-20H2,1-2H3,(H,35,39)/t26-,32+/m0/s1. The molecule has 2 aliphatic heterocycles. The maximum absolute atomic E-state index is 14.6. The number of carbonyl (C=O) groups excluding carboxylic acids is 2. The first-order valence-corrected chi connectivity index (χ1v) is 15.3.